The minimum Gasteiger partial charge on any atom is -0.457 e. The monoisotopic (exact) mass is 402 g/mol. The Hall–Kier alpha value is -3.08. The summed E-state index contributed by atoms with van der Waals surface area (Å²) in [4.78, 5) is 12.6. The number of esters is 1. The molecule has 1 aliphatic carbocycles. The Morgan fingerprint density at radius 2 is 2.11 bits per heavy atom. The van der Waals surface area contributed by atoms with E-state index in [4.69, 9.17) is 4.74 Å². The van der Waals surface area contributed by atoms with E-state index in [0.29, 0.717) is 24.4 Å². The normalized spacial score (nSPS) is 16.5. The largest absolute Gasteiger partial charge is 0.457 e. The average Bonchev–Trinajstić information content (AvgIpc) is 3.34. The molecule has 0 aliphatic heterocycles. The van der Waals surface area contributed by atoms with E-state index in [0.717, 1.165) is 23.9 Å². The van der Waals surface area contributed by atoms with Crippen LogP contribution in [0.25, 0.3) is 5.69 Å². The van der Waals surface area contributed by atoms with Crippen LogP contribution in [-0.2, 0) is 38.8 Å². The minimum atomic E-state index is -3.29. The molecule has 11 heteroatoms. The van der Waals surface area contributed by atoms with Gasteiger partial charge >= 0.3 is 5.97 Å². The molecule has 1 aliphatic rings. The van der Waals surface area contributed by atoms with Gasteiger partial charge in [-0.3, -0.25) is 9.89 Å². The van der Waals surface area contributed by atoms with Crippen LogP contribution in [0.1, 0.15) is 23.5 Å². The van der Waals surface area contributed by atoms with Crippen LogP contribution in [0.2, 0.25) is 0 Å². The number of ether oxygens (including phenoxy) is 1. The number of carbonyl (C=O) groups is 1. The zero-order valence-corrected chi connectivity index (χ0v) is 15.9. The molecule has 2 heterocycles. The highest BCUT2D eigenvalue weighted by Gasteiger charge is 2.27. The van der Waals surface area contributed by atoms with Crippen molar-refractivity contribution in [3.63, 3.8) is 0 Å². The first kappa shape index (κ1) is 18.3. The molecule has 2 aromatic heterocycles. The van der Waals surface area contributed by atoms with E-state index in [9.17, 15) is 13.2 Å². The average molecular weight is 402 g/mol. The first-order chi connectivity index (χ1) is 13.4. The van der Waals surface area contributed by atoms with Crippen molar-refractivity contribution in [3.05, 3.63) is 47.5 Å². The van der Waals surface area contributed by atoms with E-state index in [-0.39, 0.29) is 23.4 Å². The SMILES string of the molecule is CS(=O)(=O)c1ccc(-n2nnnc2COC(=O)C2CCc3[nH]ncc3C2)cc1. The Balaban J connectivity index is 1.43. The minimum absolute atomic E-state index is 0.0750. The number of hydrogen-bond acceptors (Lipinski definition) is 8. The molecule has 28 heavy (non-hydrogen) atoms. The summed E-state index contributed by atoms with van der Waals surface area (Å²) in [5, 5.41) is 18.4. The molecule has 0 saturated heterocycles. The number of tetrazole rings is 1. The number of benzene rings is 1. The Bertz CT molecular complexity index is 1100. The van der Waals surface area contributed by atoms with Gasteiger partial charge in [-0.1, -0.05) is 0 Å². The molecule has 1 aromatic carbocycles. The van der Waals surface area contributed by atoms with Crippen molar-refractivity contribution in [2.45, 2.75) is 30.8 Å². The van der Waals surface area contributed by atoms with Crippen LogP contribution in [0.3, 0.4) is 0 Å². The van der Waals surface area contributed by atoms with Crippen molar-refractivity contribution in [1.82, 2.24) is 30.4 Å². The summed E-state index contributed by atoms with van der Waals surface area (Å²) in [6.07, 6.45) is 4.95. The van der Waals surface area contributed by atoms with E-state index < -0.39 is 9.84 Å². The van der Waals surface area contributed by atoms with Gasteiger partial charge in [0.15, 0.2) is 22.3 Å². The highest BCUT2D eigenvalue weighted by atomic mass is 32.2. The third-order valence-electron chi connectivity index (χ3n) is 4.74. The van der Waals surface area contributed by atoms with E-state index in [1.54, 1.807) is 18.3 Å². The van der Waals surface area contributed by atoms with Crippen LogP contribution in [-0.4, -0.2) is 51.0 Å². The van der Waals surface area contributed by atoms with Crippen LogP contribution >= 0.6 is 0 Å². The van der Waals surface area contributed by atoms with Gasteiger partial charge in [-0.2, -0.15) is 9.78 Å². The van der Waals surface area contributed by atoms with Gasteiger partial charge in [-0.05, 0) is 59.5 Å². The number of rotatable bonds is 5. The molecule has 0 radical (unpaired) electrons. The molecular formula is C17H18N6O4S. The molecule has 1 unspecified atom stereocenters. The lowest BCUT2D eigenvalue weighted by molar-refractivity contribution is -0.150. The molecule has 1 atom stereocenters. The molecule has 3 aromatic rings. The Morgan fingerprint density at radius 3 is 2.86 bits per heavy atom. The van der Waals surface area contributed by atoms with Gasteiger partial charge in [0.05, 0.1) is 22.7 Å². The maximum Gasteiger partial charge on any atom is 0.309 e. The predicted octanol–water partition coefficient (Wildman–Crippen LogP) is 0.637. The zero-order valence-electron chi connectivity index (χ0n) is 15.1. The summed E-state index contributed by atoms with van der Waals surface area (Å²) in [6.45, 7) is -0.0750. The lowest BCUT2D eigenvalue weighted by Gasteiger charge is -2.19. The number of hydrogen-bond donors (Lipinski definition) is 1. The van der Waals surface area contributed by atoms with Gasteiger partial charge in [0.25, 0.3) is 0 Å². The number of aromatic nitrogens is 6. The summed E-state index contributed by atoms with van der Waals surface area (Å²) in [5.74, 6) is -0.169. The van der Waals surface area contributed by atoms with Crippen molar-refractivity contribution in [2.75, 3.05) is 6.26 Å². The standard InChI is InChI=1S/C17H18N6O4S/c1-28(25,26)14-5-3-13(4-6-14)23-16(20-21-22-23)10-27-17(24)11-2-7-15-12(8-11)9-18-19-15/h3-6,9,11H,2,7-8,10H2,1H3,(H,18,19). The van der Waals surface area contributed by atoms with E-state index in [2.05, 4.69) is 25.7 Å². The Kier molecular flexibility index (Phi) is 4.67. The molecule has 0 saturated carbocycles. The quantitative estimate of drug-likeness (QED) is 0.615. The highest BCUT2D eigenvalue weighted by Crippen LogP contribution is 2.25. The summed E-state index contributed by atoms with van der Waals surface area (Å²) in [6, 6.07) is 6.15. The van der Waals surface area contributed by atoms with Gasteiger partial charge in [0.2, 0.25) is 0 Å². The van der Waals surface area contributed by atoms with Crippen molar-refractivity contribution < 1.29 is 17.9 Å². The first-order valence-electron chi connectivity index (χ1n) is 8.67. The van der Waals surface area contributed by atoms with Gasteiger partial charge < -0.3 is 4.74 Å². The molecule has 4 rings (SSSR count). The summed E-state index contributed by atoms with van der Waals surface area (Å²) >= 11 is 0. The fourth-order valence-corrected chi connectivity index (χ4v) is 3.83. The third kappa shape index (κ3) is 3.65. The van der Waals surface area contributed by atoms with E-state index in [1.807, 2.05) is 0 Å². The molecule has 1 N–H and O–H groups in total. The zero-order chi connectivity index (χ0) is 19.7. The van der Waals surface area contributed by atoms with E-state index >= 15 is 0 Å². The molecule has 146 valence electrons. The van der Waals surface area contributed by atoms with Gasteiger partial charge in [-0.25, -0.2) is 8.42 Å². The van der Waals surface area contributed by atoms with Crippen LogP contribution in [0.5, 0.6) is 0 Å². The van der Waals surface area contributed by atoms with E-state index in [1.165, 1.54) is 16.8 Å². The lowest BCUT2D eigenvalue weighted by Crippen LogP contribution is -2.24. The summed E-state index contributed by atoms with van der Waals surface area (Å²) < 4.78 is 30.0. The second-order valence-corrected chi connectivity index (χ2v) is 8.71. The number of nitrogens with one attached hydrogen (secondary N) is 1. The van der Waals surface area contributed by atoms with Gasteiger partial charge in [0, 0.05) is 11.9 Å². The molecule has 0 fully saturated rings. The number of carbonyl (C=O) groups excluding carboxylic acids is 1. The maximum atomic E-state index is 12.4. The van der Waals surface area contributed by atoms with Crippen LogP contribution in [0, 0.1) is 5.92 Å². The fraction of sp³-hybridized carbons (Fsp3) is 0.353. The molecular weight excluding hydrogens is 384 g/mol. The van der Waals surface area contributed by atoms with Crippen LogP contribution in [0.15, 0.2) is 35.4 Å². The number of aromatic amines is 1. The number of fused-ring (bicyclic) bond motifs is 1. The fourth-order valence-electron chi connectivity index (χ4n) is 3.20. The van der Waals surface area contributed by atoms with Crippen molar-refractivity contribution in [1.29, 1.82) is 0 Å². The predicted molar refractivity (Wildman–Crippen MR) is 96.2 cm³/mol. The van der Waals surface area contributed by atoms with Crippen molar-refractivity contribution in [2.24, 2.45) is 5.92 Å². The lowest BCUT2D eigenvalue weighted by atomic mass is 9.88. The molecule has 10 nitrogen and oxygen atoms in total. The maximum absolute atomic E-state index is 12.4. The number of H-pyrrole nitrogens is 1. The van der Waals surface area contributed by atoms with Gasteiger partial charge in [-0.15, -0.1) is 5.10 Å². The second-order valence-electron chi connectivity index (χ2n) is 6.69. The van der Waals surface area contributed by atoms with Crippen LogP contribution in [0.4, 0.5) is 0 Å². The number of sulfone groups is 1. The van der Waals surface area contributed by atoms with Crippen LogP contribution < -0.4 is 0 Å². The Morgan fingerprint density at radius 1 is 1.32 bits per heavy atom. The first-order valence-corrected chi connectivity index (χ1v) is 10.6. The molecule has 0 amide bonds. The summed E-state index contributed by atoms with van der Waals surface area (Å²) in [5.41, 5.74) is 2.69. The number of aryl methyl sites for hydroxylation is 1. The smallest absolute Gasteiger partial charge is 0.309 e. The third-order valence-corrected chi connectivity index (χ3v) is 5.87. The van der Waals surface area contributed by atoms with Gasteiger partial charge in [0.1, 0.15) is 0 Å². The molecule has 0 bridgehead atoms. The highest BCUT2D eigenvalue weighted by molar-refractivity contribution is 7.90. The summed E-state index contributed by atoms with van der Waals surface area (Å²) in [7, 11) is -3.29. The Labute approximate surface area is 160 Å². The van der Waals surface area contributed by atoms with Crippen molar-refractivity contribution in [3.8, 4) is 5.69 Å². The molecule has 0 spiro atoms. The van der Waals surface area contributed by atoms with Crippen molar-refractivity contribution >= 4 is 15.8 Å². The second kappa shape index (κ2) is 7.15. The number of nitrogens with zero attached hydrogens (tertiary/aromatic N) is 5. The topological polar surface area (TPSA) is 133 Å².